The van der Waals surface area contributed by atoms with Gasteiger partial charge in [0.15, 0.2) is 0 Å². The van der Waals surface area contributed by atoms with Crippen LogP contribution < -0.4 is 11.1 Å². The van der Waals surface area contributed by atoms with E-state index in [0.717, 1.165) is 5.56 Å². The van der Waals surface area contributed by atoms with E-state index in [-0.39, 0.29) is 11.1 Å². The predicted octanol–water partition coefficient (Wildman–Crippen LogP) is 1.28. The minimum Gasteiger partial charge on any atom is -0.343 e. The second-order valence-electron chi connectivity index (χ2n) is 6.05. The average Bonchev–Trinajstić information content (AvgIpc) is 2.72. The van der Waals surface area contributed by atoms with Gasteiger partial charge in [-0.2, -0.15) is 5.26 Å². The van der Waals surface area contributed by atoms with Crippen molar-refractivity contribution in [1.82, 2.24) is 24.0 Å². The molecule has 3 aromatic rings. The summed E-state index contributed by atoms with van der Waals surface area (Å²) in [7, 11) is 1.70. The van der Waals surface area contributed by atoms with Crippen LogP contribution in [0.25, 0.3) is 12.0 Å². The van der Waals surface area contributed by atoms with Gasteiger partial charge in [-0.1, -0.05) is 30.3 Å². The molecule has 1 atom stereocenters. The fourth-order valence-corrected chi connectivity index (χ4v) is 2.69. The van der Waals surface area contributed by atoms with E-state index in [1.54, 1.807) is 11.9 Å². The third-order valence-electron chi connectivity index (χ3n) is 4.22. The summed E-state index contributed by atoms with van der Waals surface area (Å²) in [6.07, 6.45) is 7.38. The van der Waals surface area contributed by atoms with Crippen molar-refractivity contribution in [3.05, 3.63) is 93.8 Å². The van der Waals surface area contributed by atoms with Crippen molar-refractivity contribution in [1.29, 1.82) is 5.26 Å². The van der Waals surface area contributed by atoms with Crippen LogP contribution in [0.2, 0.25) is 0 Å². The van der Waals surface area contributed by atoms with Crippen molar-refractivity contribution in [3.8, 4) is 6.07 Å². The molecule has 8 nitrogen and oxygen atoms in total. The third-order valence-corrected chi connectivity index (χ3v) is 4.22. The van der Waals surface area contributed by atoms with Crippen LogP contribution in [0.5, 0.6) is 0 Å². The molecule has 0 saturated heterocycles. The highest BCUT2D eigenvalue weighted by atomic mass is 16.1. The van der Waals surface area contributed by atoms with Crippen molar-refractivity contribution in [3.63, 3.8) is 0 Å². The topological polar surface area (TPSA) is 96.8 Å². The minimum absolute atomic E-state index is 0.311. The number of likely N-dealkylation sites (N-methyl/N-ethyl adjacent to an activating group) is 1. The van der Waals surface area contributed by atoms with E-state index in [2.05, 4.69) is 16.0 Å². The molecule has 1 unspecified atom stereocenters. The van der Waals surface area contributed by atoms with E-state index in [4.69, 9.17) is 0 Å². The lowest BCUT2D eigenvalue weighted by Gasteiger charge is -2.28. The Kier molecular flexibility index (Phi) is 5.77. The summed E-state index contributed by atoms with van der Waals surface area (Å²) in [4.78, 5) is 34.1. The molecular formula is C20H18N6O2. The van der Waals surface area contributed by atoms with Crippen molar-refractivity contribution >= 4 is 12.0 Å². The van der Waals surface area contributed by atoms with Gasteiger partial charge in [0.1, 0.15) is 24.5 Å². The average molecular weight is 374 g/mol. The summed E-state index contributed by atoms with van der Waals surface area (Å²) in [5.41, 5.74) is 0.341. The molecule has 0 aliphatic carbocycles. The highest BCUT2D eigenvalue weighted by Crippen LogP contribution is 2.15. The van der Waals surface area contributed by atoms with Crippen LogP contribution >= 0.6 is 0 Å². The highest BCUT2D eigenvalue weighted by Gasteiger charge is 2.20. The second-order valence-corrected chi connectivity index (χ2v) is 6.05. The van der Waals surface area contributed by atoms with Crippen molar-refractivity contribution < 1.29 is 0 Å². The van der Waals surface area contributed by atoms with Crippen LogP contribution in [0, 0.1) is 11.3 Å². The number of nitrogens with zero attached hydrogens (tertiary/aromatic N) is 6. The largest absolute Gasteiger partial charge is 0.343 e. The second kappa shape index (κ2) is 8.60. The first-order valence-corrected chi connectivity index (χ1v) is 8.53. The Balaban J connectivity index is 2.07. The SMILES string of the molecule is CN(/C(=C/n1cnccc1=O)n1cnccc1=O)C(C#N)Cc1ccccc1. The number of rotatable bonds is 6. The summed E-state index contributed by atoms with van der Waals surface area (Å²) < 4.78 is 2.54. The van der Waals surface area contributed by atoms with Crippen molar-refractivity contribution in [2.24, 2.45) is 0 Å². The van der Waals surface area contributed by atoms with E-state index < -0.39 is 6.04 Å². The first-order valence-electron chi connectivity index (χ1n) is 8.53. The molecule has 0 saturated carbocycles. The fourth-order valence-electron chi connectivity index (χ4n) is 2.69. The quantitative estimate of drug-likeness (QED) is 0.645. The van der Waals surface area contributed by atoms with Gasteiger partial charge in [-0.05, 0) is 5.56 Å². The summed E-state index contributed by atoms with van der Waals surface area (Å²) >= 11 is 0. The van der Waals surface area contributed by atoms with Gasteiger partial charge in [0, 0.05) is 38.0 Å². The molecular weight excluding hydrogens is 356 g/mol. The maximum atomic E-state index is 12.4. The standard InChI is InChI=1S/C20H18N6O2/c1-24(17(12-21)11-16-5-3-2-4-6-16)18(26-15-23-10-8-20(26)28)13-25-14-22-9-7-19(25)27/h2-10,13-15,17H,11H2,1H3/b18-13-. The zero-order valence-electron chi connectivity index (χ0n) is 15.2. The number of hydrogen-bond donors (Lipinski definition) is 0. The first-order chi connectivity index (χ1) is 13.6. The molecule has 28 heavy (non-hydrogen) atoms. The molecule has 0 amide bonds. The summed E-state index contributed by atoms with van der Waals surface area (Å²) in [5, 5.41) is 9.74. The number of hydrogen-bond acceptors (Lipinski definition) is 6. The Hall–Kier alpha value is -3.99. The lowest BCUT2D eigenvalue weighted by Crippen LogP contribution is -2.36. The van der Waals surface area contributed by atoms with Gasteiger partial charge in [0.25, 0.3) is 11.1 Å². The van der Waals surface area contributed by atoms with Crippen LogP contribution in [-0.4, -0.2) is 37.1 Å². The normalized spacial score (nSPS) is 12.2. The molecule has 3 rings (SSSR count). The smallest absolute Gasteiger partial charge is 0.259 e. The molecule has 2 aromatic heterocycles. The van der Waals surface area contributed by atoms with Crippen molar-refractivity contribution in [2.45, 2.75) is 12.5 Å². The van der Waals surface area contributed by atoms with Crippen LogP contribution in [0.4, 0.5) is 0 Å². The maximum absolute atomic E-state index is 12.4. The molecule has 0 spiro atoms. The van der Waals surface area contributed by atoms with E-state index in [9.17, 15) is 14.9 Å². The number of nitriles is 1. The predicted molar refractivity (Wildman–Crippen MR) is 105 cm³/mol. The van der Waals surface area contributed by atoms with E-state index in [1.807, 2.05) is 30.3 Å². The molecule has 0 bridgehead atoms. The Morgan fingerprint density at radius 2 is 1.79 bits per heavy atom. The molecule has 0 aliphatic rings. The zero-order chi connectivity index (χ0) is 19.9. The summed E-state index contributed by atoms with van der Waals surface area (Å²) in [6, 6.07) is 13.9. The minimum atomic E-state index is -0.576. The highest BCUT2D eigenvalue weighted by molar-refractivity contribution is 5.59. The number of benzene rings is 1. The van der Waals surface area contributed by atoms with Crippen LogP contribution in [0.15, 0.2) is 77.1 Å². The van der Waals surface area contributed by atoms with Crippen LogP contribution in [-0.2, 0) is 6.42 Å². The van der Waals surface area contributed by atoms with Gasteiger partial charge in [-0.3, -0.25) is 18.7 Å². The van der Waals surface area contributed by atoms with Crippen LogP contribution in [0.1, 0.15) is 5.56 Å². The molecule has 8 heteroatoms. The summed E-state index contributed by atoms with van der Waals surface area (Å²) in [6.45, 7) is 0. The Labute approximate surface area is 161 Å². The van der Waals surface area contributed by atoms with E-state index >= 15 is 0 Å². The molecule has 0 radical (unpaired) electrons. The van der Waals surface area contributed by atoms with Gasteiger partial charge < -0.3 is 4.90 Å². The summed E-state index contributed by atoms with van der Waals surface area (Å²) in [5.74, 6) is 0.329. The molecule has 140 valence electrons. The first kappa shape index (κ1) is 18.8. The zero-order valence-corrected chi connectivity index (χ0v) is 15.2. The molecule has 0 aliphatic heterocycles. The van der Waals surface area contributed by atoms with E-state index in [0.29, 0.717) is 12.2 Å². The van der Waals surface area contributed by atoms with Crippen molar-refractivity contribution in [2.75, 3.05) is 7.05 Å². The van der Waals surface area contributed by atoms with Gasteiger partial charge >= 0.3 is 0 Å². The Morgan fingerprint density at radius 1 is 1.11 bits per heavy atom. The lowest BCUT2D eigenvalue weighted by molar-refractivity contribution is 0.390. The molecule has 2 heterocycles. The van der Waals surface area contributed by atoms with Gasteiger partial charge in [0.2, 0.25) is 0 Å². The molecule has 0 N–H and O–H groups in total. The Morgan fingerprint density at radius 3 is 2.43 bits per heavy atom. The van der Waals surface area contributed by atoms with Gasteiger partial charge in [0.05, 0.1) is 12.3 Å². The fraction of sp³-hybridized carbons (Fsp3) is 0.150. The van der Waals surface area contributed by atoms with Crippen LogP contribution in [0.3, 0.4) is 0 Å². The van der Waals surface area contributed by atoms with Gasteiger partial charge in [-0.25, -0.2) is 9.97 Å². The molecule has 1 aromatic carbocycles. The Bertz CT molecular complexity index is 1130. The van der Waals surface area contributed by atoms with E-state index in [1.165, 1.54) is 52.5 Å². The third kappa shape index (κ3) is 4.22. The lowest BCUT2D eigenvalue weighted by atomic mass is 10.1. The monoisotopic (exact) mass is 374 g/mol. The number of aromatic nitrogens is 4. The maximum Gasteiger partial charge on any atom is 0.259 e. The molecule has 0 fully saturated rings. The van der Waals surface area contributed by atoms with Gasteiger partial charge in [-0.15, -0.1) is 0 Å².